The molecule has 28 heavy (non-hydrogen) atoms. The number of amides is 1. The summed E-state index contributed by atoms with van der Waals surface area (Å²) in [5.41, 5.74) is 5.46. The Hall–Kier alpha value is -3.15. The second kappa shape index (κ2) is 7.46. The first-order chi connectivity index (χ1) is 13.5. The van der Waals surface area contributed by atoms with Crippen molar-refractivity contribution in [2.24, 2.45) is 0 Å². The van der Waals surface area contributed by atoms with Crippen molar-refractivity contribution in [3.05, 3.63) is 71.2 Å². The largest absolute Gasteiger partial charge is 0.359 e. The summed E-state index contributed by atoms with van der Waals surface area (Å²) in [7, 11) is 0. The van der Waals surface area contributed by atoms with Crippen LogP contribution in [-0.4, -0.2) is 33.3 Å². The van der Waals surface area contributed by atoms with E-state index in [1.165, 1.54) is 11.3 Å². The molecule has 6 nitrogen and oxygen atoms in total. The summed E-state index contributed by atoms with van der Waals surface area (Å²) in [5.74, 6) is 0.807. The summed E-state index contributed by atoms with van der Waals surface area (Å²) in [5, 5.41) is 7.49. The average molecular weight is 375 g/mol. The molecule has 6 heteroatoms. The molecule has 2 aromatic heterocycles. The first-order valence-corrected chi connectivity index (χ1v) is 9.64. The highest BCUT2D eigenvalue weighted by Crippen LogP contribution is 2.29. The van der Waals surface area contributed by atoms with Crippen LogP contribution in [0.1, 0.15) is 29.4 Å². The van der Waals surface area contributed by atoms with Gasteiger partial charge in [0.25, 0.3) is 0 Å². The molecule has 0 saturated carbocycles. The Balaban J connectivity index is 1.38. The minimum absolute atomic E-state index is 0.0272. The van der Waals surface area contributed by atoms with Crippen molar-refractivity contribution < 1.29 is 4.79 Å². The predicted molar refractivity (Wildman–Crippen MR) is 110 cm³/mol. The lowest BCUT2D eigenvalue weighted by molar-refractivity contribution is -0.122. The van der Waals surface area contributed by atoms with Crippen molar-refractivity contribution in [2.45, 2.75) is 39.8 Å². The van der Waals surface area contributed by atoms with Gasteiger partial charge in [-0.15, -0.1) is 0 Å². The minimum atomic E-state index is -0.203. The van der Waals surface area contributed by atoms with Crippen molar-refractivity contribution in [3.8, 4) is 5.82 Å². The van der Waals surface area contributed by atoms with Crippen LogP contribution in [0.2, 0.25) is 0 Å². The van der Waals surface area contributed by atoms with Crippen LogP contribution in [0.4, 0.5) is 5.69 Å². The van der Waals surface area contributed by atoms with Crippen molar-refractivity contribution in [3.63, 3.8) is 0 Å². The van der Waals surface area contributed by atoms with E-state index >= 15 is 0 Å². The summed E-state index contributed by atoms with van der Waals surface area (Å²) in [6, 6.07) is 14.0. The Morgan fingerprint density at radius 2 is 2.04 bits per heavy atom. The third-order valence-corrected chi connectivity index (χ3v) is 5.27. The summed E-state index contributed by atoms with van der Waals surface area (Å²) >= 11 is 0. The Kier molecular flexibility index (Phi) is 4.86. The quantitative estimate of drug-likeness (QED) is 0.745. The number of anilines is 1. The van der Waals surface area contributed by atoms with Crippen molar-refractivity contribution >= 4 is 11.6 Å². The highest BCUT2D eigenvalue weighted by molar-refractivity contribution is 5.85. The number of pyridine rings is 1. The first kappa shape index (κ1) is 18.2. The summed E-state index contributed by atoms with van der Waals surface area (Å²) in [6.45, 7) is 7.28. The third-order valence-electron chi connectivity index (χ3n) is 5.27. The Bertz CT molecular complexity index is 992. The smallest absolute Gasteiger partial charge is 0.242 e. The molecule has 1 aliphatic heterocycles. The second-order valence-corrected chi connectivity index (χ2v) is 7.33. The number of para-hydroxylation sites is 1. The molecular weight excluding hydrogens is 350 g/mol. The Morgan fingerprint density at radius 1 is 1.21 bits per heavy atom. The summed E-state index contributed by atoms with van der Waals surface area (Å²) in [4.78, 5) is 19.3. The number of carbonyl (C=O) groups is 1. The van der Waals surface area contributed by atoms with Crippen LogP contribution in [0, 0.1) is 13.8 Å². The number of hydrogen-bond acceptors (Lipinski definition) is 4. The minimum Gasteiger partial charge on any atom is -0.359 e. The number of hydrogen-bond donors (Lipinski definition) is 1. The molecule has 144 valence electrons. The third kappa shape index (κ3) is 3.50. The zero-order chi connectivity index (χ0) is 19.7. The van der Waals surface area contributed by atoms with Gasteiger partial charge < -0.3 is 10.2 Å². The molecule has 0 bridgehead atoms. The number of carbonyl (C=O) groups excluding carboxylic acids is 1. The van der Waals surface area contributed by atoms with E-state index in [2.05, 4.69) is 38.5 Å². The van der Waals surface area contributed by atoms with Crippen LogP contribution in [0.15, 0.2) is 48.7 Å². The van der Waals surface area contributed by atoms with E-state index in [1.54, 1.807) is 6.20 Å². The standard InChI is InChI=1S/C22H25N5O/c1-15-12-16(2)27(25-15)21-9-8-18(13-23-21)14-24-22(28)17(3)26-11-10-19-6-4-5-7-20(19)26/h4-9,12-13,17H,10-11,14H2,1-3H3,(H,24,28)/t17-/m1/s1. The van der Waals surface area contributed by atoms with Gasteiger partial charge in [0.05, 0.1) is 5.69 Å². The van der Waals surface area contributed by atoms with Crippen LogP contribution in [-0.2, 0) is 17.8 Å². The molecule has 1 aromatic carbocycles. The van der Waals surface area contributed by atoms with Crippen molar-refractivity contribution in [1.82, 2.24) is 20.1 Å². The topological polar surface area (TPSA) is 63.1 Å². The van der Waals surface area contributed by atoms with Gasteiger partial charge in [0, 0.05) is 30.7 Å². The van der Waals surface area contributed by atoms with Gasteiger partial charge in [-0.2, -0.15) is 5.10 Å². The lowest BCUT2D eigenvalue weighted by Gasteiger charge is -2.26. The van der Waals surface area contributed by atoms with Gasteiger partial charge in [-0.25, -0.2) is 9.67 Å². The number of benzene rings is 1. The number of aromatic nitrogens is 3. The van der Waals surface area contributed by atoms with Crippen LogP contribution < -0.4 is 10.2 Å². The van der Waals surface area contributed by atoms with E-state index in [0.29, 0.717) is 6.54 Å². The highest BCUT2D eigenvalue weighted by Gasteiger charge is 2.27. The van der Waals surface area contributed by atoms with E-state index in [9.17, 15) is 4.79 Å². The van der Waals surface area contributed by atoms with Crippen LogP contribution >= 0.6 is 0 Å². The fourth-order valence-electron chi connectivity index (χ4n) is 3.75. The number of fused-ring (bicyclic) bond motifs is 1. The van der Waals surface area contributed by atoms with Crippen molar-refractivity contribution in [2.75, 3.05) is 11.4 Å². The lowest BCUT2D eigenvalue weighted by Crippen LogP contribution is -2.44. The molecule has 0 aliphatic carbocycles. The molecule has 0 fully saturated rings. The SMILES string of the molecule is Cc1cc(C)n(-c2ccc(CNC(=O)[C@@H](C)N3CCc4ccccc43)cn2)n1. The number of rotatable bonds is 5. The maximum atomic E-state index is 12.7. The average Bonchev–Trinajstić information content (AvgIpc) is 3.28. The monoisotopic (exact) mass is 375 g/mol. The number of nitrogens with one attached hydrogen (secondary N) is 1. The van der Waals surface area contributed by atoms with E-state index in [-0.39, 0.29) is 11.9 Å². The molecule has 1 atom stereocenters. The Morgan fingerprint density at radius 3 is 2.75 bits per heavy atom. The first-order valence-electron chi connectivity index (χ1n) is 9.64. The number of aryl methyl sites for hydroxylation is 2. The lowest BCUT2D eigenvalue weighted by atomic mass is 10.1. The van der Waals surface area contributed by atoms with Gasteiger partial charge in [-0.1, -0.05) is 24.3 Å². The molecule has 3 aromatic rings. The van der Waals surface area contributed by atoms with Crippen molar-refractivity contribution in [1.29, 1.82) is 0 Å². The second-order valence-electron chi connectivity index (χ2n) is 7.33. The van der Waals surface area contributed by atoms with Gasteiger partial charge in [-0.05, 0) is 56.5 Å². The molecule has 1 aliphatic rings. The fraction of sp³-hybridized carbons (Fsp3) is 0.318. The van der Waals surface area contributed by atoms with Gasteiger partial charge >= 0.3 is 0 Å². The van der Waals surface area contributed by atoms with Crippen LogP contribution in [0.5, 0.6) is 0 Å². The van der Waals surface area contributed by atoms with E-state index in [1.807, 2.05) is 49.7 Å². The van der Waals surface area contributed by atoms with Crippen LogP contribution in [0.3, 0.4) is 0 Å². The van der Waals surface area contributed by atoms with Gasteiger partial charge in [0.1, 0.15) is 6.04 Å². The Labute approximate surface area is 165 Å². The molecule has 1 amide bonds. The molecule has 4 rings (SSSR count). The van der Waals surface area contributed by atoms with Crippen LogP contribution in [0.25, 0.3) is 5.82 Å². The molecule has 0 spiro atoms. The fourth-order valence-corrected chi connectivity index (χ4v) is 3.75. The maximum absolute atomic E-state index is 12.7. The predicted octanol–water partition coefficient (Wildman–Crippen LogP) is 2.95. The van der Waals surface area contributed by atoms with E-state index < -0.39 is 0 Å². The number of nitrogens with zero attached hydrogens (tertiary/aromatic N) is 4. The molecule has 1 N–H and O–H groups in total. The van der Waals surface area contributed by atoms with Gasteiger partial charge in [-0.3, -0.25) is 4.79 Å². The normalized spacial score (nSPS) is 14.0. The molecule has 3 heterocycles. The zero-order valence-electron chi connectivity index (χ0n) is 16.5. The summed E-state index contributed by atoms with van der Waals surface area (Å²) in [6.07, 6.45) is 2.79. The summed E-state index contributed by atoms with van der Waals surface area (Å²) < 4.78 is 1.82. The molecule has 0 unspecified atom stereocenters. The highest BCUT2D eigenvalue weighted by atomic mass is 16.2. The molecule has 0 saturated heterocycles. The van der Waals surface area contributed by atoms with E-state index in [0.717, 1.165) is 35.7 Å². The maximum Gasteiger partial charge on any atom is 0.242 e. The van der Waals surface area contributed by atoms with E-state index in [4.69, 9.17) is 0 Å². The molecule has 0 radical (unpaired) electrons. The zero-order valence-corrected chi connectivity index (χ0v) is 16.5. The van der Waals surface area contributed by atoms with Gasteiger partial charge in [0.2, 0.25) is 5.91 Å². The molecular formula is C22H25N5O. The van der Waals surface area contributed by atoms with Gasteiger partial charge in [0.15, 0.2) is 5.82 Å².